The van der Waals surface area contributed by atoms with E-state index in [1.54, 1.807) is 18.2 Å². The molecular weight excluding hydrogens is 461 g/mol. The molecule has 2 aromatic heterocycles. The van der Waals surface area contributed by atoms with Gasteiger partial charge in [-0.1, -0.05) is 18.2 Å². The quantitative estimate of drug-likeness (QED) is 0.451. The first kappa shape index (κ1) is 22.7. The Hall–Kier alpha value is -3.45. The Morgan fingerprint density at radius 2 is 1.79 bits per heavy atom. The number of benzene rings is 2. The normalized spacial score (nSPS) is 12.7. The van der Waals surface area contributed by atoms with Crippen molar-refractivity contribution in [2.24, 2.45) is 0 Å². The number of para-hydroxylation sites is 1. The third kappa shape index (κ3) is 4.54. The number of alkyl halides is 3. The fraction of sp³-hybridized carbons (Fsp3) is 0.250. The molecule has 0 spiro atoms. The first-order chi connectivity index (χ1) is 15.5. The average molecular weight is 480 g/mol. The van der Waals surface area contributed by atoms with E-state index in [0.717, 1.165) is 22.7 Å². The van der Waals surface area contributed by atoms with Crippen molar-refractivity contribution < 1.29 is 26.3 Å². The Bertz CT molecular complexity index is 1440. The Balaban J connectivity index is 1.69. The molecule has 9 nitrogen and oxygen atoms in total. The van der Waals surface area contributed by atoms with Crippen molar-refractivity contribution in [3.05, 3.63) is 59.4 Å². The van der Waals surface area contributed by atoms with Crippen LogP contribution in [0, 0.1) is 0 Å². The molecule has 0 aliphatic carbocycles. The second-order valence-electron chi connectivity index (χ2n) is 7.32. The second-order valence-corrected chi connectivity index (χ2v) is 9.30. The van der Waals surface area contributed by atoms with Gasteiger partial charge in [-0.25, -0.2) is 18.4 Å². The van der Waals surface area contributed by atoms with Gasteiger partial charge in [0.25, 0.3) is 0 Å². The van der Waals surface area contributed by atoms with Gasteiger partial charge in [-0.05, 0) is 29.8 Å². The molecule has 13 heteroatoms. The highest BCUT2D eigenvalue weighted by Crippen LogP contribution is 2.30. The van der Waals surface area contributed by atoms with Gasteiger partial charge in [0, 0.05) is 11.9 Å². The third-order valence-corrected chi connectivity index (χ3v) is 6.18. The number of sulfonamides is 1. The number of ether oxygens (including phenoxy) is 1. The molecule has 0 fully saturated rings. The Morgan fingerprint density at radius 1 is 1.09 bits per heavy atom. The summed E-state index contributed by atoms with van der Waals surface area (Å²) in [4.78, 5) is 8.74. The van der Waals surface area contributed by atoms with Gasteiger partial charge in [0.2, 0.25) is 16.0 Å². The molecule has 4 rings (SSSR count). The molecule has 4 aromatic rings. The van der Waals surface area contributed by atoms with E-state index in [2.05, 4.69) is 15.1 Å². The molecule has 0 amide bonds. The van der Waals surface area contributed by atoms with E-state index >= 15 is 0 Å². The fourth-order valence-electron chi connectivity index (χ4n) is 3.35. The highest BCUT2D eigenvalue weighted by molar-refractivity contribution is 7.88. The number of nitrogens with two attached hydrogens (primary N) is 1. The first-order valence-electron chi connectivity index (χ1n) is 9.56. The van der Waals surface area contributed by atoms with Crippen LogP contribution in [-0.4, -0.2) is 45.7 Å². The Kier molecular flexibility index (Phi) is 5.62. The van der Waals surface area contributed by atoms with Crippen LogP contribution < -0.4 is 10.5 Å². The molecule has 2 N–H and O–H groups in total. The van der Waals surface area contributed by atoms with Crippen LogP contribution >= 0.6 is 0 Å². The summed E-state index contributed by atoms with van der Waals surface area (Å²) in [6.45, 7) is -0.374. The molecule has 0 atom stereocenters. The van der Waals surface area contributed by atoms with E-state index < -0.39 is 21.8 Å². The van der Waals surface area contributed by atoms with Crippen LogP contribution in [0.3, 0.4) is 0 Å². The lowest BCUT2D eigenvalue weighted by molar-refractivity contribution is -0.137. The van der Waals surface area contributed by atoms with Crippen LogP contribution in [0.2, 0.25) is 0 Å². The van der Waals surface area contributed by atoms with E-state index in [1.165, 1.54) is 23.8 Å². The minimum atomic E-state index is -4.48. The number of halogens is 3. The largest absolute Gasteiger partial charge is 0.494 e. The number of anilines is 1. The molecule has 0 saturated heterocycles. The van der Waals surface area contributed by atoms with Crippen molar-refractivity contribution in [1.82, 2.24) is 23.9 Å². The number of hydrogen-bond donors (Lipinski definition) is 1. The number of methoxy groups -OCH3 is 1. The van der Waals surface area contributed by atoms with E-state index in [0.29, 0.717) is 27.9 Å². The minimum absolute atomic E-state index is 0.0365. The summed E-state index contributed by atoms with van der Waals surface area (Å²) in [7, 11) is -2.25. The van der Waals surface area contributed by atoms with Crippen LogP contribution in [0.15, 0.2) is 42.5 Å². The number of nitrogen functional groups attached to an aromatic ring is 1. The lowest BCUT2D eigenvalue weighted by Crippen LogP contribution is -2.29. The predicted octanol–water partition coefficient (Wildman–Crippen LogP) is 2.85. The van der Waals surface area contributed by atoms with E-state index in [4.69, 9.17) is 10.5 Å². The van der Waals surface area contributed by atoms with Crippen molar-refractivity contribution in [2.75, 3.05) is 19.1 Å². The topological polar surface area (TPSA) is 116 Å². The smallest absolute Gasteiger partial charge is 0.416 e. The molecule has 0 bridgehead atoms. The number of nitrogens with zero attached hydrogens (tertiary/aromatic N) is 5. The van der Waals surface area contributed by atoms with Crippen LogP contribution in [0.4, 0.5) is 19.1 Å². The van der Waals surface area contributed by atoms with E-state index in [1.807, 2.05) is 0 Å². The maximum atomic E-state index is 12.8. The maximum absolute atomic E-state index is 12.8. The summed E-state index contributed by atoms with van der Waals surface area (Å²) < 4.78 is 70.8. The third-order valence-electron chi connectivity index (χ3n) is 4.98. The van der Waals surface area contributed by atoms with Gasteiger partial charge >= 0.3 is 6.18 Å². The number of fused-ring (bicyclic) bond motifs is 3. The Morgan fingerprint density at radius 3 is 2.39 bits per heavy atom. The molecule has 0 aliphatic heterocycles. The first-order valence-corrected chi connectivity index (χ1v) is 11.4. The predicted molar refractivity (Wildman–Crippen MR) is 115 cm³/mol. The Labute approximate surface area is 186 Å². The molecule has 0 saturated carbocycles. The molecule has 0 unspecified atom stereocenters. The molecule has 33 heavy (non-hydrogen) atoms. The van der Waals surface area contributed by atoms with Gasteiger partial charge < -0.3 is 10.5 Å². The highest BCUT2D eigenvalue weighted by Gasteiger charge is 2.30. The van der Waals surface area contributed by atoms with Crippen molar-refractivity contribution in [2.45, 2.75) is 19.3 Å². The zero-order valence-electron chi connectivity index (χ0n) is 17.5. The summed E-state index contributed by atoms with van der Waals surface area (Å²) >= 11 is 0. The highest BCUT2D eigenvalue weighted by atomic mass is 32.2. The van der Waals surface area contributed by atoms with Gasteiger partial charge in [-0.15, -0.1) is 5.10 Å². The maximum Gasteiger partial charge on any atom is 0.416 e. The summed E-state index contributed by atoms with van der Waals surface area (Å²) in [5.41, 5.74) is 6.44. The molecular formula is C20H19F3N6O3S. The molecule has 2 aromatic carbocycles. The zero-order valence-corrected chi connectivity index (χ0v) is 18.4. The fourth-order valence-corrected chi connectivity index (χ4v) is 4.08. The van der Waals surface area contributed by atoms with Crippen LogP contribution in [-0.2, 0) is 29.3 Å². The van der Waals surface area contributed by atoms with Crippen molar-refractivity contribution in [3.8, 4) is 5.75 Å². The minimum Gasteiger partial charge on any atom is -0.494 e. The van der Waals surface area contributed by atoms with Crippen molar-refractivity contribution >= 4 is 32.5 Å². The van der Waals surface area contributed by atoms with Gasteiger partial charge in [0.05, 0.1) is 25.5 Å². The lowest BCUT2D eigenvalue weighted by Gasteiger charge is -2.18. The number of hydrogen-bond acceptors (Lipinski definition) is 7. The van der Waals surface area contributed by atoms with Crippen molar-refractivity contribution in [3.63, 3.8) is 0 Å². The van der Waals surface area contributed by atoms with Crippen LogP contribution in [0.25, 0.3) is 16.6 Å². The van der Waals surface area contributed by atoms with Crippen molar-refractivity contribution in [1.29, 1.82) is 0 Å². The van der Waals surface area contributed by atoms with Gasteiger partial charge in [-0.3, -0.25) is 0 Å². The van der Waals surface area contributed by atoms with Gasteiger partial charge in [0.1, 0.15) is 11.3 Å². The molecule has 174 valence electrons. The lowest BCUT2D eigenvalue weighted by atomic mass is 10.1. The SMILES string of the molecule is COc1cccc2c1nc(N)n1nc(CN(Cc3ccc(C(F)(F)F)cc3)S(C)(=O)=O)nc21. The average Bonchev–Trinajstić information content (AvgIpc) is 3.17. The number of rotatable bonds is 6. The van der Waals surface area contributed by atoms with E-state index in [-0.39, 0.29) is 24.9 Å². The van der Waals surface area contributed by atoms with Crippen LogP contribution in [0.5, 0.6) is 5.75 Å². The monoisotopic (exact) mass is 480 g/mol. The summed E-state index contributed by atoms with van der Waals surface area (Å²) in [6, 6.07) is 9.52. The zero-order chi connectivity index (χ0) is 24.0. The standard InChI is InChI=1S/C20H19F3N6O3S/c1-32-15-5-3-4-14-17(15)26-19(24)29-18(14)25-16(27-29)11-28(33(2,30)31)10-12-6-8-13(9-7-12)20(21,22)23/h3-9H,10-11H2,1-2H3,(H2,24,26). The summed E-state index contributed by atoms with van der Waals surface area (Å²) in [6.07, 6.45) is -3.47. The molecule has 2 heterocycles. The second kappa shape index (κ2) is 8.15. The molecule has 0 radical (unpaired) electrons. The van der Waals surface area contributed by atoms with Gasteiger partial charge in [-0.2, -0.15) is 22.0 Å². The number of aromatic nitrogens is 4. The summed E-state index contributed by atoms with van der Waals surface area (Å²) in [5.74, 6) is 0.678. The van der Waals surface area contributed by atoms with E-state index in [9.17, 15) is 21.6 Å². The van der Waals surface area contributed by atoms with Gasteiger partial charge in [0.15, 0.2) is 11.5 Å². The van der Waals surface area contributed by atoms with Crippen LogP contribution in [0.1, 0.15) is 17.0 Å². The summed E-state index contributed by atoms with van der Waals surface area (Å²) in [5, 5.41) is 4.89. The molecule has 0 aliphatic rings.